The molecule has 3 aromatic heterocycles. The lowest BCUT2D eigenvalue weighted by Crippen LogP contribution is -2.06. The van der Waals surface area contributed by atoms with Crippen LogP contribution < -0.4 is 5.32 Å². The molecule has 144 valence electrons. The van der Waals surface area contributed by atoms with E-state index in [0.717, 1.165) is 12.3 Å². The van der Waals surface area contributed by atoms with E-state index in [1.54, 1.807) is 25.2 Å². The van der Waals surface area contributed by atoms with Crippen molar-refractivity contribution in [1.82, 2.24) is 24.3 Å². The van der Waals surface area contributed by atoms with E-state index in [2.05, 4.69) is 20.4 Å². The predicted molar refractivity (Wildman–Crippen MR) is 97.5 cm³/mol. The molecular weight excluding hydrogens is 397 g/mol. The fourth-order valence-electron chi connectivity index (χ4n) is 2.88. The number of alkyl halides is 3. The van der Waals surface area contributed by atoms with Gasteiger partial charge in [0.05, 0.1) is 11.1 Å². The maximum absolute atomic E-state index is 12.9. The first-order valence-corrected chi connectivity index (χ1v) is 8.39. The summed E-state index contributed by atoms with van der Waals surface area (Å²) in [5, 5.41) is 7.87. The molecule has 1 amide bonds. The molecule has 28 heavy (non-hydrogen) atoms. The van der Waals surface area contributed by atoms with Crippen LogP contribution in [0.1, 0.15) is 12.5 Å². The quantitative estimate of drug-likeness (QED) is 0.545. The lowest BCUT2D eigenvalue weighted by molar-refractivity contribution is -0.137. The maximum atomic E-state index is 12.9. The standard InChI is InChI=1S/C17H12ClF3N6O/c1-8(28)23-10-3-4-11-12(6-10)25-27(14(11)18)16-24-13-5-9(17(19,20)21)7-22-15(13)26(16)2/h3-7H,1-2H3,(H,23,28). The smallest absolute Gasteiger partial charge is 0.326 e. The number of hydrogen-bond acceptors (Lipinski definition) is 4. The van der Waals surface area contributed by atoms with Gasteiger partial charge in [-0.3, -0.25) is 9.36 Å². The summed E-state index contributed by atoms with van der Waals surface area (Å²) >= 11 is 6.41. The molecule has 1 aromatic carbocycles. The fraction of sp³-hybridized carbons (Fsp3) is 0.176. The Bertz CT molecular complexity index is 1240. The summed E-state index contributed by atoms with van der Waals surface area (Å²) in [7, 11) is 1.61. The summed E-state index contributed by atoms with van der Waals surface area (Å²) in [5.74, 6) is -0.0177. The Kier molecular flexibility index (Phi) is 4.03. The molecule has 0 radical (unpaired) electrons. The highest BCUT2D eigenvalue weighted by molar-refractivity contribution is 6.34. The van der Waals surface area contributed by atoms with Crippen LogP contribution in [0.2, 0.25) is 5.15 Å². The van der Waals surface area contributed by atoms with Gasteiger partial charge in [-0.15, -0.1) is 0 Å². The number of amides is 1. The second-order valence-electron chi connectivity index (χ2n) is 6.15. The van der Waals surface area contributed by atoms with Crippen LogP contribution in [0.4, 0.5) is 18.9 Å². The van der Waals surface area contributed by atoms with Crippen molar-refractivity contribution < 1.29 is 18.0 Å². The van der Waals surface area contributed by atoms with Gasteiger partial charge in [0.25, 0.3) is 0 Å². The first-order chi connectivity index (χ1) is 13.1. The average molecular weight is 409 g/mol. The van der Waals surface area contributed by atoms with Gasteiger partial charge in [-0.25, -0.2) is 9.97 Å². The van der Waals surface area contributed by atoms with Crippen LogP contribution in [0.15, 0.2) is 30.5 Å². The van der Waals surface area contributed by atoms with Gasteiger partial charge in [0, 0.05) is 31.2 Å². The lowest BCUT2D eigenvalue weighted by Gasteiger charge is -2.05. The number of aryl methyl sites for hydroxylation is 1. The molecule has 3 heterocycles. The highest BCUT2D eigenvalue weighted by Crippen LogP contribution is 2.32. The minimum absolute atomic E-state index is 0.0712. The molecule has 0 fully saturated rings. The Hall–Kier alpha value is -3.14. The van der Waals surface area contributed by atoms with Crippen LogP contribution in [-0.2, 0) is 18.0 Å². The summed E-state index contributed by atoms with van der Waals surface area (Å²) in [6.45, 7) is 1.39. The molecule has 0 spiro atoms. The molecule has 0 aliphatic rings. The van der Waals surface area contributed by atoms with Crippen molar-refractivity contribution in [2.45, 2.75) is 13.1 Å². The van der Waals surface area contributed by atoms with Gasteiger partial charge in [0.1, 0.15) is 10.7 Å². The summed E-state index contributed by atoms with van der Waals surface area (Å²) < 4.78 is 41.6. The van der Waals surface area contributed by atoms with Gasteiger partial charge in [-0.05, 0) is 24.3 Å². The Labute approximate surface area is 160 Å². The normalized spacial score (nSPS) is 12.1. The van der Waals surface area contributed by atoms with Gasteiger partial charge in [-0.1, -0.05) is 11.6 Å². The zero-order chi connectivity index (χ0) is 20.2. The van der Waals surface area contributed by atoms with Crippen LogP contribution in [0.25, 0.3) is 28.0 Å². The molecule has 7 nitrogen and oxygen atoms in total. The zero-order valence-corrected chi connectivity index (χ0v) is 15.3. The largest absolute Gasteiger partial charge is 0.417 e. The van der Waals surface area contributed by atoms with Crippen molar-refractivity contribution in [2.24, 2.45) is 7.05 Å². The number of hydrogen-bond donors (Lipinski definition) is 1. The van der Waals surface area contributed by atoms with Gasteiger partial charge in [0.2, 0.25) is 11.9 Å². The fourth-order valence-corrected chi connectivity index (χ4v) is 3.15. The van der Waals surface area contributed by atoms with Gasteiger partial charge >= 0.3 is 6.18 Å². The number of rotatable bonds is 2. The van der Waals surface area contributed by atoms with E-state index < -0.39 is 11.7 Å². The van der Waals surface area contributed by atoms with Crippen LogP contribution >= 0.6 is 11.6 Å². The summed E-state index contributed by atoms with van der Waals surface area (Å²) in [5.41, 5.74) is 0.482. The number of pyridine rings is 1. The molecule has 0 aliphatic heterocycles. The van der Waals surface area contributed by atoms with Crippen LogP contribution in [0.5, 0.6) is 0 Å². The average Bonchev–Trinajstić information content (AvgIpc) is 3.10. The third kappa shape index (κ3) is 2.95. The van der Waals surface area contributed by atoms with Crippen LogP contribution in [0.3, 0.4) is 0 Å². The Morgan fingerprint density at radius 1 is 1.21 bits per heavy atom. The predicted octanol–water partition coefficient (Wildman–Crippen LogP) is 3.94. The van der Waals surface area contributed by atoms with Gasteiger partial charge in [0.15, 0.2) is 5.65 Å². The van der Waals surface area contributed by atoms with Crippen LogP contribution in [0, 0.1) is 0 Å². The van der Waals surface area contributed by atoms with Crippen molar-refractivity contribution in [3.05, 3.63) is 41.2 Å². The first kappa shape index (κ1) is 18.2. The molecule has 4 rings (SSSR count). The van der Waals surface area contributed by atoms with Crippen molar-refractivity contribution in [1.29, 1.82) is 0 Å². The number of fused-ring (bicyclic) bond motifs is 2. The van der Waals surface area contributed by atoms with E-state index in [1.807, 2.05) is 0 Å². The van der Waals surface area contributed by atoms with Crippen molar-refractivity contribution in [3.8, 4) is 5.95 Å². The Morgan fingerprint density at radius 3 is 2.64 bits per heavy atom. The third-order valence-corrected chi connectivity index (χ3v) is 4.50. The Morgan fingerprint density at radius 2 is 1.96 bits per heavy atom. The maximum Gasteiger partial charge on any atom is 0.417 e. The summed E-state index contributed by atoms with van der Waals surface area (Å²) in [6.07, 6.45) is -3.76. The topological polar surface area (TPSA) is 77.6 Å². The van der Waals surface area contributed by atoms with E-state index in [9.17, 15) is 18.0 Å². The van der Waals surface area contributed by atoms with E-state index in [1.165, 1.54) is 16.2 Å². The number of nitrogens with one attached hydrogen (secondary N) is 1. The number of nitrogens with zero attached hydrogens (tertiary/aromatic N) is 5. The molecule has 0 aliphatic carbocycles. The minimum atomic E-state index is -4.52. The summed E-state index contributed by atoms with van der Waals surface area (Å²) in [6, 6.07) is 5.93. The molecule has 1 N–H and O–H groups in total. The van der Waals surface area contributed by atoms with Crippen molar-refractivity contribution in [3.63, 3.8) is 0 Å². The number of aromatic nitrogens is 5. The number of anilines is 1. The van der Waals surface area contributed by atoms with E-state index in [-0.39, 0.29) is 28.2 Å². The third-order valence-electron chi connectivity index (χ3n) is 4.14. The number of halogens is 4. The monoisotopic (exact) mass is 408 g/mol. The molecule has 0 bridgehead atoms. The second-order valence-corrected chi connectivity index (χ2v) is 6.51. The first-order valence-electron chi connectivity index (χ1n) is 8.01. The van der Waals surface area contributed by atoms with E-state index in [0.29, 0.717) is 16.6 Å². The molecule has 0 saturated carbocycles. The highest BCUT2D eigenvalue weighted by Gasteiger charge is 2.32. The van der Waals surface area contributed by atoms with Crippen molar-refractivity contribution in [2.75, 3.05) is 5.32 Å². The minimum Gasteiger partial charge on any atom is -0.326 e. The van der Waals surface area contributed by atoms with E-state index >= 15 is 0 Å². The van der Waals surface area contributed by atoms with Crippen molar-refractivity contribution >= 4 is 45.3 Å². The van der Waals surface area contributed by atoms with Crippen LogP contribution in [-0.4, -0.2) is 30.2 Å². The number of benzene rings is 1. The van der Waals surface area contributed by atoms with Gasteiger partial charge < -0.3 is 5.32 Å². The molecule has 0 unspecified atom stereocenters. The molecule has 0 saturated heterocycles. The SMILES string of the molecule is CC(=O)Nc1ccc2c(Cl)n(-c3nc4cc(C(F)(F)F)cnc4n3C)nc2c1. The van der Waals surface area contributed by atoms with E-state index in [4.69, 9.17) is 11.6 Å². The highest BCUT2D eigenvalue weighted by atomic mass is 35.5. The number of carbonyl (C=O) groups excluding carboxylic acids is 1. The molecular formula is C17H12ClF3N6O. The molecule has 4 aromatic rings. The molecule has 11 heteroatoms. The number of carbonyl (C=O) groups is 1. The molecule has 0 atom stereocenters. The zero-order valence-electron chi connectivity index (χ0n) is 14.5. The summed E-state index contributed by atoms with van der Waals surface area (Å²) in [4.78, 5) is 19.3. The van der Waals surface area contributed by atoms with Gasteiger partial charge in [-0.2, -0.15) is 23.0 Å². The second kappa shape index (κ2) is 6.20. The number of imidazole rings is 1. The lowest BCUT2D eigenvalue weighted by atomic mass is 10.2. The Balaban J connectivity index is 1.87.